The van der Waals surface area contributed by atoms with Gasteiger partial charge in [-0.05, 0) is 111 Å². The second kappa shape index (κ2) is 6.90. The average molecular weight is 448 g/mol. The van der Waals surface area contributed by atoms with E-state index in [0.29, 0.717) is 18.2 Å². The van der Waals surface area contributed by atoms with E-state index in [1.807, 2.05) is 30.1 Å². The third-order valence-corrected chi connectivity index (χ3v) is 11.1. The van der Waals surface area contributed by atoms with Crippen molar-refractivity contribution in [3.63, 3.8) is 0 Å². The van der Waals surface area contributed by atoms with Crippen LogP contribution in [0.25, 0.3) is 10.9 Å². The molecule has 7 rings (SSSR count). The SMILES string of the molecule is C[C@@]1(O)CC[C@H]2[C@H](CC[C@@H]3[C@@H]2CC[C@@]2(C)[C@H]3[C@@H]3C[C@@H]3[C@@H]2C(=O)Cn2ncc3ccncc32)C1. The molecule has 0 unspecified atom stereocenters. The number of carbonyl (C=O) groups is 1. The minimum Gasteiger partial charge on any atom is -0.390 e. The average Bonchev–Trinajstić information content (AvgIpc) is 3.34. The number of Topliss-reactive ketones (excluding diaryl/α,β-unsaturated/α-hetero) is 1. The topological polar surface area (TPSA) is 68.0 Å². The third-order valence-electron chi connectivity index (χ3n) is 11.1. The minimum atomic E-state index is -0.449. The largest absolute Gasteiger partial charge is 0.390 e. The Morgan fingerprint density at radius 2 is 1.91 bits per heavy atom. The number of hydrogen-bond donors (Lipinski definition) is 1. The lowest BCUT2D eigenvalue weighted by Gasteiger charge is -2.57. The fourth-order valence-corrected chi connectivity index (χ4v) is 9.94. The van der Waals surface area contributed by atoms with Crippen molar-refractivity contribution in [2.24, 2.45) is 52.8 Å². The third kappa shape index (κ3) is 2.96. The van der Waals surface area contributed by atoms with Gasteiger partial charge in [-0.25, -0.2) is 0 Å². The lowest BCUT2D eigenvalue weighted by atomic mass is 9.48. The van der Waals surface area contributed by atoms with Gasteiger partial charge in [0.1, 0.15) is 6.54 Å². The quantitative estimate of drug-likeness (QED) is 0.728. The van der Waals surface area contributed by atoms with Crippen molar-refractivity contribution >= 4 is 16.7 Å². The molecule has 10 atom stereocenters. The summed E-state index contributed by atoms with van der Waals surface area (Å²) in [6.07, 6.45) is 15.0. The van der Waals surface area contributed by atoms with E-state index in [9.17, 15) is 9.90 Å². The van der Waals surface area contributed by atoms with E-state index in [1.54, 1.807) is 6.20 Å². The Morgan fingerprint density at radius 1 is 1.06 bits per heavy atom. The van der Waals surface area contributed by atoms with Gasteiger partial charge < -0.3 is 5.11 Å². The van der Waals surface area contributed by atoms with Gasteiger partial charge >= 0.3 is 0 Å². The molecule has 5 fully saturated rings. The monoisotopic (exact) mass is 447 g/mol. The second-order valence-corrected chi connectivity index (χ2v) is 12.9. The number of carbonyl (C=O) groups excluding carboxylic acids is 1. The molecule has 0 amide bonds. The molecule has 0 spiro atoms. The maximum Gasteiger partial charge on any atom is 0.158 e. The molecule has 176 valence electrons. The Balaban J connectivity index is 1.14. The van der Waals surface area contributed by atoms with Gasteiger partial charge in [-0.15, -0.1) is 0 Å². The molecular formula is C28H37N3O2. The zero-order chi connectivity index (χ0) is 22.5. The molecule has 1 N–H and O–H groups in total. The van der Waals surface area contributed by atoms with Gasteiger partial charge in [0.25, 0.3) is 0 Å². The van der Waals surface area contributed by atoms with Crippen LogP contribution < -0.4 is 0 Å². The van der Waals surface area contributed by atoms with Gasteiger partial charge in [0, 0.05) is 17.5 Å². The van der Waals surface area contributed by atoms with Crippen LogP contribution in [0.15, 0.2) is 24.7 Å². The van der Waals surface area contributed by atoms with Crippen LogP contribution in [0.1, 0.15) is 65.2 Å². The zero-order valence-corrected chi connectivity index (χ0v) is 20.0. The standard InChI is InChI=1S/C28H37N3O2/c1-27(33)8-5-18-16(12-27)3-4-20-19(18)6-9-28(2)25(20)21-11-22(21)26(28)24(32)15-31-23-14-29-10-7-17(23)13-30-31/h7,10,13-14,16,18-22,25-26,33H,3-6,8-9,11-12,15H2,1-2H3/t16-,18+,19-,20-,21-,22+,25-,26-,27-,28+/m1/s1. The fourth-order valence-electron chi connectivity index (χ4n) is 9.94. The van der Waals surface area contributed by atoms with Crippen LogP contribution in [-0.4, -0.2) is 31.3 Å². The molecular weight excluding hydrogens is 410 g/mol. The summed E-state index contributed by atoms with van der Waals surface area (Å²) in [6, 6.07) is 1.97. The summed E-state index contributed by atoms with van der Waals surface area (Å²) < 4.78 is 1.88. The predicted octanol–water partition coefficient (Wildman–Crippen LogP) is 4.88. The highest BCUT2D eigenvalue weighted by Gasteiger charge is 2.70. The molecule has 33 heavy (non-hydrogen) atoms. The Kier molecular flexibility index (Phi) is 4.31. The van der Waals surface area contributed by atoms with Crippen molar-refractivity contribution in [2.45, 2.75) is 77.4 Å². The smallest absolute Gasteiger partial charge is 0.158 e. The normalized spacial score (nSPS) is 48.0. The molecule has 0 aromatic carbocycles. The van der Waals surface area contributed by atoms with E-state index < -0.39 is 5.60 Å². The van der Waals surface area contributed by atoms with Crippen LogP contribution in [0.4, 0.5) is 0 Å². The molecule has 0 saturated heterocycles. The zero-order valence-electron chi connectivity index (χ0n) is 20.0. The summed E-state index contributed by atoms with van der Waals surface area (Å²) in [6.45, 7) is 4.91. The molecule has 2 aromatic rings. The minimum absolute atomic E-state index is 0.167. The van der Waals surface area contributed by atoms with Crippen LogP contribution in [0.5, 0.6) is 0 Å². The van der Waals surface area contributed by atoms with Gasteiger partial charge in [0.15, 0.2) is 5.78 Å². The maximum absolute atomic E-state index is 13.8. The fraction of sp³-hybridized carbons (Fsp3) is 0.750. The lowest BCUT2D eigenvalue weighted by molar-refractivity contribution is -0.136. The highest BCUT2D eigenvalue weighted by atomic mass is 16.3. The summed E-state index contributed by atoms with van der Waals surface area (Å²) in [5, 5.41) is 16.3. The number of nitrogens with zero attached hydrogens (tertiary/aromatic N) is 3. The van der Waals surface area contributed by atoms with Crippen molar-refractivity contribution in [3.8, 4) is 0 Å². The summed E-state index contributed by atoms with van der Waals surface area (Å²) in [7, 11) is 0. The molecule has 5 nitrogen and oxygen atoms in total. The molecule has 5 saturated carbocycles. The van der Waals surface area contributed by atoms with Crippen molar-refractivity contribution in [1.29, 1.82) is 0 Å². The van der Waals surface area contributed by atoms with Crippen LogP contribution in [0, 0.1) is 52.8 Å². The first-order chi connectivity index (χ1) is 15.9. The van der Waals surface area contributed by atoms with Gasteiger partial charge in [-0.3, -0.25) is 14.5 Å². The van der Waals surface area contributed by atoms with Crippen molar-refractivity contribution in [2.75, 3.05) is 0 Å². The molecule has 0 bridgehead atoms. The van der Waals surface area contributed by atoms with E-state index in [1.165, 1.54) is 38.5 Å². The maximum atomic E-state index is 13.8. The van der Waals surface area contributed by atoms with Crippen LogP contribution >= 0.6 is 0 Å². The van der Waals surface area contributed by atoms with Gasteiger partial charge in [-0.1, -0.05) is 6.92 Å². The number of hydrogen-bond acceptors (Lipinski definition) is 4. The summed E-state index contributed by atoms with van der Waals surface area (Å²) in [4.78, 5) is 18.1. The highest BCUT2D eigenvalue weighted by molar-refractivity contribution is 5.85. The van der Waals surface area contributed by atoms with Crippen LogP contribution in [-0.2, 0) is 11.3 Å². The molecule has 0 aliphatic heterocycles. The van der Waals surface area contributed by atoms with E-state index >= 15 is 0 Å². The number of aromatic nitrogens is 3. The van der Waals surface area contributed by atoms with Crippen molar-refractivity contribution in [1.82, 2.24) is 14.8 Å². The Morgan fingerprint density at radius 3 is 2.79 bits per heavy atom. The van der Waals surface area contributed by atoms with Gasteiger partial charge in [-0.2, -0.15) is 5.10 Å². The summed E-state index contributed by atoms with van der Waals surface area (Å²) >= 11 is 0. The predicted molar refractivity (Wildman–Crippen MR) is 126 cm³/mol. The Bertz CT molecular complexity index is 1110. The summed E-state index contributed by atoms with van der Waals surface area (Å²) in [5.74, 6) is 5.88. The molecule has 5 aliphatic rings. The van der Waals surface area contributed by atoms with Crippen LogP contribution in [0.2, 0.25) is 0 Å². The number of pyridine rings is 1. The molecule has 0 radical (unpaired) electrons. The first kappa shape index (κ1) is 20.6. The Hall–Kier alpha value is -1.75. The van der Waals surface area contributed by atoms with Gasteiger partial charge in [0.05, 0.1) is 23.5 Å². The highest BCUT2D eigenvalue weighted by Crippen LogP contribution is 2.74. The first-order valence-corrected chi connectivity index (χ1v) is 13.4. The van der Waals surface area contributed by atoms with E-state index in [2.05, 4.69) is 17.0 Å². The number of fused-ring (bicyclic) bond motifs is 8. The number of rotatable bonds is 3. The summed E-state index contributed by atoms with van der Waals surface area (Å²) in [5.41, 5.74) is 0.684. The number of ketones is 1. The van der Waals surface area contributed by atoms with Gasteiger partial charge in [0.2, 0.25) is 0 Å². The van der Waals surface area contributed by atoms with Crippen molar-refractivity contribution in [3.05, 3.63) is 24.7 Å². The molecule has 2 heterocycles. The Labute approximate surface area is 196 Å². The lowest BCUT2D eigenvalue weighted by Crippen LogP contribution is -2.52. The number of aliphatic hydroxyl groups is 1. The molecule has 2 aromatic heterocycles. The first-order valence-electron chi connectivity index (χ1n) is 13.4. The molecule has 5 aliphatic carbocycles. The van der Waals surface area contributed by atoms with E-state index in [-0.39, 0.29) is 11.3 Å². The second-order valence-electron chi connectivity index (χ2n) is 12.9. The van der Waals surface area contributed by atoms with Crippen molar-refractivity contribution < 1.29 is 9.90 Å². The van der Waals surface area contributed by atoms with Crippen LogP contribution in [0.3, 0.4) is 0 Å². The van der Waals surface area contributed by atoms with E-state index in [4.69, 9.17) is 0 Å². The van der Waals surface area contributed by atoms with E-state index in [0.717, 1.165) is 59.3 Å². The molecule has 5 heteroatoms.